The van der Waals surface area contributed by atoms with Gasteiger partial charge in [-0.2, -0.15) is 0 Å². The van der Waals surface area contributed by atoms with Gasteiger partial charge < -0.3 is 5.48 Å². The molecule has 0 spiro atoms. The van der Waals surface area contributed by atoms with Gasteiger partial charge in [0.2, 0.25) is 0 Å². The molecule has 0 amide bonds. The van der Waals surface area contributed by atoms with Gasteiger partial charge in [0, 0.05) is 121 Å². The minimum atomic E-state index is 0. The molecular formula is H2AgBaCuOY. The van der Waals surface area contributed by atoms with Crippen molar-refractivity contribution in [2.24, 2.45) is 0 Å². The van der Waals surface area contributed by atoms with Crippen LogP contribution in [0.25, 0.3) is 0 Å². The van der Waals surface area contributed by atoms with Crippen LogP contribution in [0.2, 0.25) is 0 Å². The standard InChI is InChI=1S/Ag.Ba.Cu.H2O.Y/h;;;1H2;. The van der Waals surface area contributed by atoms with E-state index in [0.29, 0.717) is 0 Å². The predicted octanol–water partition coefficient (Wildman–Crippen LogP) is -1.21. The van der Waals surface area contributed by atoms with E-state index in [4.69, 9.17) is 0 Å². The Labute approximate surface area is 123 Å². The number of hydrogen-bond acceptors (Lipinski definition) is 0. The van der Waals surface area contributed by atoms with Crippen LogP contribution in [-0.2, 0) is 72.2 Å². The van der Waals surface area contributed by atoms with E-state index in [0.717, 1.165) is 0 Å². The molecular weight excluding hydrogens is 414 g/mol. The molecule has 0 heterocycles. The van der Waals surface area contributed by atoms with Crippen LogP contribution < -0.4 is 0 Å². The fraction of sp³-hybridized carbons (Fsp3) is 0. The molecule has 0 saturated carbocycles. The summed E-state index contributed by atoms with van der Waals surface area (Å²) in [5.41, 5.74) is 0. The average Bonchev–Trinajstić information content (AvgIpc) is 0. The molecule has 0 rings (SSSR count). The molecule has 2 N–H and O–H groups in total. The average molecular weight is 416 g/mol. The van der Waals surface area contributed by atoms with Crippen molar-refractivity contribution in [2.45, 2.75) is 0 Å². The van der Waals surface area contributed by atoms with Crippen LogP contribution in [0.4, 0.5) is 0 Å². The Balaban J connectivity index is 0. The minimum absolute atomic E-state index is 0. The normalized spacial score (nSPS) is 0. The summed E-state index contributed by atoms with van der Waals surface area (Å²) in [7, 11) is 0. The summed E-state index contributed by atoms with van der Waals surface area (Å²) in [6.07, 6.45) is 0. The zero-order chi connectivity index (χ0) is 0. The molecule has 0 saturated heterocycles. The van der Waals surface area contributed by atoms with Gasteiger partial charge in [-0.25, -0.2) is 0 Å². The quantitative estimate of drug-likeness (QED) is 0.445. The van der Waals surface area contributed by atoms with Crippen LogP contribution in [0, 0.1) is 0 Å². The van der Waals surface area contributed by atoms with Gasteiger partial charge in [-0.1, -0.05) is 0 Å². The first-order valence-electron chi connectivity index (χ1n) is 0. The molecule has 0 aliphatic rings. The van der Waals surface area contributed by atoms with Crippen LogP contribution >= 0.6 is 0 Å². The first kappa shape index (κ1) is 36.5. The van der Waals surface area contributed by atoms with E-state index in [1.807, 2.05) is 0 Å². The maximum Gasteiger partial charge on any atom is 0 e. The second kappa shape index (κ2) is 24.7. The maximum absolute atomic E-state index is 0. The number of rotatable bonds is 0. The van der Waals surface area contributed by atoms with Crippen LogP contribution in [0.3, 0.4) is 0 Å². The topological polar surface area (TPSA) is 31.5 Å². The first-order chi connectivity index (χ1) is 0. The summed E-state index contributed by atoms with van der Waals surface area (Å²) in [5.74, 6) is 0. The van der Waals surface area contributed by atoms with Gasteiger partial charge in [-0.15, -0.1) is 0 Å². The first-order valence-corrected chi connectivity index (χ1v) is 0. The van der Waals surface area contributed by atoms with E-state index >= 15 is 0 Å². The SMILES string of the molecule is O.[Ag].[Ba].[Cu].[Y]. The Kier molecular flexibility index (Phi) is 181. The molecule has 0 bridgehead atoms. The smallest absolute Gasteiger partial charge is 0 e. The Morgan fingerprint density at radius 1 is 1.00 bits per heavy atom. The molecule has 35 valence electrons. The van der Waals surface area contributed by atoms with Gasteiger partial charge in [-0.3, -0.25) is 0 Å². The monoisotopic (exact) mass is 415 g/mol. The molecule has 0 fully saturated rings. The molecule has 0 atom stereocenters. The van der Waals surface area contributed by atoms with Crippen LogP contribution in [0.5, 0.6) is 0 Å². The molecule has 5 radical (unpaired) electrons. The van der Waals surface area contributed by atoms with Crippen LogP contribution in [0.15, 0.2) is 0 Å². The van der Waals surface area contributed by atoms with Gasteiger partial charge in [0.05, 0.1) is 0 Å². The molecule has 0 aromatic heterocycles. The van der Waals surface area contributed by atoms with Gasteiger partial charge in [0.15, 0.2) is 0 Å². The van der Waals surface area contributed by atoms with Crippen molar-refractivity contribution in [3.63, 3.8) is 0 Å². The van der Waals surface area contributed by atoms with E-state index in [9.17, 15) is 0 Å². The molecule has 0 aliphatic heterocycles. The molecule has 0 aliphatic carbocycles. The van der Waals surface area contributed by atoms with Crippen molar-refractivity contribution in [1.82, 2.24) is 0 Å². The molecule has 5 heteroatoms. The van der Waals surface area contributed by atoms with Crippen molar-refractivity contribution >= 4 is 48.9 Å². The molecule has 0 unspecified atom stereocenters. The van der Waals surface area contributed by atoms with Gasteiger partial charge in [0.1, 0.15) is 0 Å². The van der Waals surface area contributed by atoms with Crippen LogP contribution in [-0.4, -0.2) is 54.4 Å². The Hall–Kier alpha value is 3.90. The van der Waals surface area contributed by atoms with Gasteiger partial charge >= 0.3 is 0 Å². The van der Waals surface area contributed by atoms with Crippen molar-refractivity contribution in [1.29, 1.82) is 0 Å². The summed E-state index contributed by atoms with van der Waals surface area (Å²) < 4.78 is 0. The van der Waals surface area contributed by atoms with E-state index < -0.39 is 0 Å². The van der Waals surface area contributed by atoms with E-state index in [1.54, 1.807) is 0 Å². The third kappa shape index (κ3) is 18.1. The minimum Gasteiger partial charge on any atom is -0.412 e. The predicted molar refractivity (Wildman–Crippen MR) is 9.37 cm³/mol. The van der Waals surface area contributed by atoms with E-state index in [2.05, 4.69) is 0 Å². The van der Waals surface area contributed by atoms with Crippen LogP contribution in [0.1, 0.15) is 0 Å². The fourth-order valence-corrected chi connectivity index (χ4v) is 0. The van der Waals surface area contributed by atoms with E-state index in [-0.39, 0.29) is 127 Å². The summed E-state index contributed by atoms with van der Waals surface area (Å²) in [4.78, 5) is 0. The Morgan fingerprint density at radius 3 is 1.00 bits per heavy atom. The second-order valence-electron chi connectivity index (χ2n) is 0. The Bertz CT molecular complexity index is 11.6. The fourth-order valence-electron chi connectivity index (χ4n) is 0. The molecule has 1 nitrogen and oxygen atoms in total. The van der Waals surface area contributed by atoms with Gasteiger partial charge in [0.25, 0.3) is 0 Å². The molecule has 0 aromatic rings. The third-order valence-electron chi connectivity index (χ3n) is 0. The largest absolute Gasteiger partial charge is 0.412 e. The summed E-state index contributed by atoms with van der Waals surface area (Å²) in [5, 5.41) is 0. The zero-order valence-electron chi connectivity index (χ0n) is 2.39. The van der Waals surface area contributed by atoms with Crippen molar-refractivity contribution in [2.75, 3.05) is 0 Å². The zero-order valence-corrected chi connectivity index (χ0v) is 12.1. The second-order valence-corrected chi connectivity index (χ2v) is 0. The van der Waals surface area contributed by atoms with E-state index in [1.165, 1.54) is 0 Å². The summed E-state index contributed by atoms with van der Waals surface area (Å²) in [6, 6.07) is 0. The summed E-state index contributed by atoms with van der Waals surface area (Å²) >= 11 is 0. The number of hydrogen-bond donors (Lipinski definition) is 0. The molecule has 5 heavy (non-hydrogen) atoms. The summed E-state index contributed by atoms with van der Waals surface area (Å²) in [6.45, 7) is 0. The van der Waals surface area contributed by atoms with Crippen molar-refractivity contribution < 1.29 is 77.6 Å². The Morgan fingerprint density at radius 2 is 1.00 bits per heavy atom. The third-order valence-corrected chi connectivity index (χ3v) is 0. The van der Waals surface area contributed by atoms with Crippen molar-refractivity contribution in [3.8, 4) is 0 Å². The maximum atomic E-state index is 0. The van der Waals surface area contributed by atoms with Crippen molar-refractivity contribution in [3.05, 3.63) is 0 Å². The van der Waals surface area contributed by atoms with Gasteiger partial charge in [-0.05, 0) is 0 Å². The molecule has 0 aromatic carbocycles.